The van der Waals surface area contributed by atoms with Crippen LogP contribution in [0.4, 0.5) is 0 Å². The van der Waals surface area contributed by atoms with Gasteiger partial charge in [-0.05, 0) is 41.3 Å². The van der Waals surface area contributed by atoms with Gasteiger partial charge in [-0.25, -0.2) is 9.78 Å². The van der Waals surface area contributed by atoms with Gasteiger partial charge in [-0.1, -0.05) is 60.7 Å². The topological polar surface area (TPSA) is 215 Å². The first kappa shape index (κ1) is 33.4. The molecular formula is C35H37N7O6. The summed E-state index contributed by atoms with van der Waals surface area (Å²) in [6, 6.07) is 18.2. The SMILES string of the molecule is NC(Cc1ccc(O)cc1)C(=O)NC(Cc1c[nH]c2ccccc12)C(=O)NC(Cc1ccccc1)C(=O)NC(Cc1cnc[nH]1)C(=O)O. The van der Waals surface area contributed by atoms with Gasteiger partial charge in [0.15, 0.2) is 0 Å². The second-order valence-corrected chi connectivity index (χ2v) is 11.5. The highest BCUT2D eigenvalue weighted by Gasteiger charge is 2.31. The third-order valence-corrected chi connectivity index (χ3v) is 7.97. The number of nitrogens with two attached hydrogens (primary N) is 1. The lowest BCUT2D eigenvalue weighted by atomic mass is 10.0. The molecule has 2 aromatic heterocycles. The molecule has 4 atom stereocenters. The third kappa shape index (κ3) is 8.85. The number of phenolic OH excluding ortho intramolecular Hbond substituents is 1. The maximum atomic E-state index is 14.0. The molecule has 13 heteroatoms. The fraction of sp³-hybridized carbons (Fsp3) is 0.229. The molecule has 0 aliphatic heterocycles. The normalized spacial score (nSPS) is 13.6. The fourth-order valence-corrected chi connectivity index (χ4v) is 5.41. The van der Waals surface area contributed by atoms with Crippen LogP contribution >= 0.6 is 0 Å². The smallest absolute Gasteiger partial charge is 0.326 e. The second-order valence-electron chi connectivity index (χ2n) is 11.5. The number of aromatic hydroxyl groups is 1. The van der Waals surface area contributed by atoms with E-state index >= 15 is 0 Å². The van der Waals surface area contributed by atoms with Crippen LogP contribution < -0.4 is 21.7 Å². The summed E-state index contributed by atoms with van der Waals surface area (Å²) in [6.07, 6.45) is 4.87. The number of aromatic amines is 2. The van der Waals surface area contributed by atoms with E-state index in [0.717, 1.165) is 27.6 Å². The minimum atomic E-state index is -1.30. The van der Waals surface area contributed by atoms with Gasteiger partial charge in [0.1, 0.15) is 23.9 Å². The van der Waals surface area contributed by atoms with Crippen LogP contribution in [-0.4, -0.2) is 73.0 Å². The number of hydrogen-bond acceptors (Lipinski definition) is 7. The molecule has 0 saturated heterocycles. The van der Waals surface area contributed by atoms with Gasteiger partial charge in [-0.2, -0.15) is 0 Å². The van der Waals surface area contributed by atoms with Gasteiger partial charge < -0.3 is 41.9 Å². The van der Waals surface area contributed by atoms with Gasteiger partial charge >= 0.3 is 5.97 Å². The molecule has 0 fully saturated rings. The number of aromatic nitrogens is 3. The van der Waals surface area contributed by atoms with Crippen LogP contribution in [0.25, 0.3) is 10.9 Å². The third-order valence-electron chi connectivity index (χ3n) is 7.97. The van der Waals surface area contributed by atoms with E-state index in [0.29, 0.717) is 5.69 Å². The molecule has 0 bridgehead atoms. The number of phenols is 1. The number of para-hydroxylation sites is 1. The van der Waals surface area contributed by atoms with Crippen molar-refractivity contribution in [3.63, 3.8) is 0 Å². The Kier molecular flexibility index (Phi) is 10.8. The van der Waals surface area contributed by atoms with Crippen LogP contribution in [-0.2, 0) is 44.9 Å². The molecule has 0 aliphatic carbocycles. The number of amides is 3. The number of H-pyrrole nitrogens is 2. The Bertz CT molecular complexity index is 1840. The molecule has 3 aromatic carbocycles. The van der Waals surface area contributed by atoms with E-state index < -0.39 is 47.9 Å². The summed E-state index contributed by atoms with van der Waals surface area (Å²) >= 11 is 0. The van der Waals surface area contributed by atoms with Gasteiger partial charge in [-0.15, -0.1) is 0 Å². The number of aliphatic carboxylic acids is 1. The maximum absolute atomic E-state index is 14.0. The number of carboxylic acid groups (broad SMARTS) is 1. The zero-order chi connectivity index (χ0) is 34.0. The van der Waals surface area contributed by atoms with Crippen LogP contribution in [0.2, 0.25) is 0 Å². The monoisotopic (exact) mass is 651 g/mol. The summed E-state index contributed by atoms with van der Waals surface area (Å²) in [7, 11) is 0. The van der Waals surface area contributed by atoms with E-state index in [1.165, 1.54) is 24.7 Å². The van der Waals surface area contributed by atoms with Gasteiger partial charge in [-0.3, -0.25) is 14.4 Å². The molecule has 5 rings (SSSR count). The lowest BCUT2D eigenvalue weighted by Gasteiger charge is -2.25. The lowest BCUT2D eigenvalue weighted by molar-refractivity contribution is -0.142. The van der Waals surface area contributed by atoms with Gasteiger partial charge in [0.2, 0.25) is 17.7 Å². The number of carbonyl (C=O) groups excluding carboxylic acids is 3. The van der Waals surface area contributed by atoms with Crippen LogP contribution in [0, 0.1) is 0 Å². The number of benzene rings is 3. The summed E-state index contributed by atoms with van der Waals surface area (Å²) in [5.41, 5.74) is 9.81. The van der Waals surface area contributed by atoms with E-state index in [-0.39, 0.29) is 31.4 Å². The van der Waals surface area contributed by atoms with E-state index in [1.807, 2.05) is 30.3 Å². The minimum absolute atomic E-state index is 0.0504. The number of fused-ring (bicyclic) bond motifs is 1. The molecule has 2 heterocycles. The van der Waals surface area contributed by atoms with Gasteiger partial charge in [0.05, 0.1) is 12.4 Å². The van der Waals surface area contributed by atoms with Crippen LogP contribution in [0.3, 0.4) is 0 Å². The number of imidazole rings is 1. The van der Waals surface area contributed by atoms with Crippen molar-refractivity contribution in [1.82, 2.24) is 30.9 Å². The average Bonchev–Trinajstić information content (AvgIpc) is 3.75. The molecule has 9 N–H and O–H groups in total. The minimum Gasteiger partial charge on any atom is -0.508 e. The summed E-state index contributed by atoms with van der Waals surface area (Å²) < 4.78 is 0. The lowest BCUT2D eigenvalue weighted by Crippen LogP contribution is -2.58. The van der Waals surface area contributed by atoms with E-state index in [1.54, 1.807) is 42.6 Å². The van der Waals surface area contributed by atoms with Gasteiger partial charge in [0, 0.05) is 48.3 Å². The van der Waals surface area contributed by atoms with Crippen molar-refractivity contribution in [2.24, 2.45) is 5.73 Å². The van der Waals surface area contributed by atoms with Crippen molar-refractivity contribution in [2.75, 3.05) is 0 Å². The van der Waals surface area contributed by atoms with Crippen molar-refractivity contribution < 1.29 is 29.4 Å². The van der Waals surface area contributed by atoms with E-state index in [4.69, 9.17) is 5.73 Å². The quantitative estimate of drug-likeness (QED) is 0.0832. The number of nitrogens with zero attached hydrogens (tertiary/aromatic N) is 1. The Labute approximate surface area is 276 Å². The first-order chi connectivity index (χ1) is 23.2. The first-order valence-electron chi connectivity index (χ1n) is 15.4. The average molecular weight is 652 g/mol. The molecule has 0 aliphatic rings. The van der Waals surface area contributed by atoms with Crippen molar-refractivity contribution in [2.45, 2.75) is 49.9 Å². The van der Waals surface area contributed by atoms with Crippen LogP contribution in [0.5, 0.6) is 5.75 Å². The summed E-state index contributed by atoms with van der Waals surface area (Å²) in [5.74, 6) is -3.12. The molecule has 4 unspecified atom stereocenters. The Morgan fingerprint density at radius 3 is 2.02 bits per heavy atom. The molecule has 0 saturated carbocycles. The molecule has 48 heavy (non-hydrogen) atoms. The predicted molar refractivity (Wildman–Crippen MR) is 178 cm³/mol. The highest BCUT2D eigenvalue weighted by atomic mass is 16.4. The summed E-state index contributed by atoms with van der Waals surface area (Å²) in [5, 5.41) is 28.4. The van der Waals surface area contributed by atoms with Crippen LogP contribution in [0.15, 0.2) is 97.6 Å². The van der Waals surface area contributed by atoms with Crippen molar-refractivity contribution in [1.29, 1.82) is 0 Å². The molecule has 248 valence electrons. The van der Waals surface area contributed by atoms with E-state index in [2.05, 4.69) is 30.9 Å². The number of carbonyl (C=O) groups is 4. The standard InChI is InChI=1S/C35H37N7O6/c36-27(14-22-10-12-25(43)13-11-22)32(44)40-30(16-23-18-38-28-9-5-4-8-26(23)28)34(46)41-29(15-21-6-2-1-3-7-21)33(45)42-31(35(47)48)17-24-19-37-20-39-24/h1-13,18-20,27,29-31,38,43H,14-17,36H2,(H,37,39)(H,40,44)(H,41,46)(H,42,45)(H,47,48). The Morgan fingerprint density at radius 1 is 0.708 bits per heavy atom. The molecule has 0 spiro atoms. The van der Waals surface area contributed by atoms with Gasteiger partial charge in [0.25, 0.3) is 0 Å². The molecule has 0 radical (unpaired) electrons. The number of hydrogen-bond donors (Lipinski definition) is 8. The summed E-state index contributed by atoms with van der Waals surface area (Å²) in [6.45, 7) is 0. The van der Waals surface area contributed by atoms with Crippen molar-refractivity contribution in [3.8, 4) is 5.75 Å². The Balaban J connectivity index is 1.38. The molecule has 13 nitrogen and oxygen atoms in total. The number of nitrogens with one attached hydrogen (secondary N) is 5. The zero-order valence-corrected chi connectivity index (χ0v) is 25.9. The Hall–Kier alpha value is -5.95. The first-order valence-corrected chi connectivity index (χ1v) is 15.4. The molecule has 3 amide bonds. The van der Waals surface area contributed by atoms with Crippen molar-refractivity contribution >= 4 is 34.6 Å². The second kappa shape index (κ2) is 15.6. The fourth-order valence-electron chi connectivity index (χ4n) is 5.41. The number of rotatable bonds is 15. The highest BCUT2D eigenvalue weighted by molar-refractivity contribution is 5.95. The largest absolute Gasteiger partial charge is 0.508 e. The van der Waals surface area contributed by atoms with E-state index in [9.17, 15) is 29.4 Å². The summed E-state index contributed by atoms with van der Waals surface area (Å²) in [4.78, 5) is 63.0. The maximum Gasteiger partial charge on any atom is 0.326 e. The predicted octanol–water partition coefficient (Wildman–Crippen LogP) is 1.73. The molecular weight excluding hydrogens is 614 g/mol. The number of carboxylic acids is 1. The Morgan fingerprint density at radius 2 is 1.33 bits per heavy atom. The van der Waals surface area contributed by atoms with Crippen LogP contribution in [0.1, 0.15) is 22.4 Å². The van der Waals surface area contributed by atoms with Crippen molar-refractivity contribution in [3.05, 3.63) is 120 Å². The highest BCUT2D eigenvalue weighted by Crippen LogP contribution is 2.20. The zero-order valence-electron chi connectivity index (χ0n) is 25.9. The molecule has 5 aromatic rings.